The van der Waals surface area contributed by atoms with Crippen molar-refractivity contribution >= 4 is 5.82 Å². The Bertz CT molecular complexity index is 959. The first-order valence-electron chi connectivity index (χ1n) is 9.32. The Hall–Kier alpha value is -2.84. The number of hydrogen-bond donors (Lipinski definition) is 3. The minimum absolute atomic E-state index is 0.127. The molecule has 0 amide bonds. The summed E-state index contributed by atoms with van der Waals surface area (Å²) in [6.45, 7) is 0. The van der Waals surface area contributed by atoms with Gasteiger partial charge < -0.3 is 20.7 Å². The summed E-state index contributed by atoms with van der Waals surface area (Å²) in [5.74, 6) is 0.938. The predicted octanol–water partition coefficient (Wildman–Crippen LogP) is 2.95. The van der Waals surface area contributed by atoms with Crippen molar-refractivity contribution in [3.05, 3.63) is 48.7 Å². The van der Waals surface area contributed by atoms with Gasteiger partial charge in [-0.1, -0.05) is 0 Å². The number of aromatic nitrogens is 4. The van der Waals surface area contributed by atoms with E-state index in [9.17, 15) is 9.50 Å². The van der Waals surface area contributed by atoms with Gasteiger partial charge in [-0.25, -0.2) is 19.3 Å². The number of anilines is 1. The molecule has 1 aromatic carbocycles. The van der Waals surface area contributed by atoms with Crippen molar-refractivity contribution in [3.8, 4) is 22.8 Å². The van der Waals surface area contributed by atoms with Crippen LogP contribution in [0.3, 0.4) is 0 Å². The highest BCUT2D eigenvalue weighted by Crippen LogP contribution is 2.38. The second kappa shape index (κ2) is 7.29. The lowest BCUT2D eigenvalue weighted by atomic mass is 9.88. The minimum Gasteiger partial charge on any atom is -0.376 e. The molecule has 4 N–H and O–H groups in total. The zero-order chi connectivity index (χ0) is 19.7. The van der Waals surface area contributed by atoms with Crippen LogP contribution in [0.4, 0.5) is 10.2 Å². The van der Waals surface area contributed by atoms with Crippen molar-refractivity contribution < 1.29 is 9.50 Å². The van der Waals surface area contributed by atoms with E-state index in [1.54, 1.807) is 37.8 Å². The Morgan fingerprint density at radius 2 is 1.89 bits per heavy atom. The molecular formula is C20H23FN6O. The normalized spacial score (nSPS) is 22.2. The molecule has 0 atom stereocenters. The molecule has 0 aliphatic heterocycles. The fourth-order valence-corrected chi connectivity index (χ4v) is 3.67. The molecule has 1 saturated carbocycles. The van der Waals surface area contributed by atoms with E-state index in [-0.39, 0.29) is 11.9 Å². The fourth-order valence-electron chi connectivity index (χ4n) is 3.67. The standard InChI is InChI=1S/C20H23FN6O/c1-23-16-8-11-24-19(26-16)18-17(13-2-4-14(21)5-3-13)25-12-27(18)15-6-9-20(22,28)10-7-15/h2-5,8,11-12,15,28H,6-7,9-10,22H2,1H3,(H,23,24,26). The highest BCUT2D eigenvalue weighted by atomic mass is 19.1. The van der Waals surface area contributed by atoms with Crippen molar-refractivity contribution in [1.82, 2.24) is 19.5 Å². The highest BCUT2D eigenvalue weighted by molar-refractivity contribution is 5.75. The summed E-state index contributed by atoms with van der Waals surface area (Å²) in [5, 5.41) is 13.1. The summed E-state index contributed by atoms with van der Waals surface area (Å²) in [4.78, 5) is 13.7. The lowest BCUT2D eigenvalue weighted by molar-refractivity contribution is -0.00145. The summed E-state index contributed by atoms with van der Waals surface area (Å²) in [6, 6.07) is 8.15. The number of halogens is 1. The maximum Gasteiger partial charge on any atom is 0.180 e. The lowest BCUT2D eigenvalue weighted by Gasteiger charge is -2.34. The SMILES string of the molecule is CNc1ccnc(-c2c(-c3ccc(F)cc3)ncn2C2CCC(N)(O)CC2)n1. The Kier molecular flexibility index (Phi) is 4.82. The van der Waals surface area contributed by atoms with Crippen molar-refractivity contribution in [2.24, 2.45) is 5.73 Å². The maximum absolute atomic E-state index is 13.4. The molecule has 0 unspecified atom stereocenters. The Balaban J connectivity index is 1.81. The van der Waals surface area contributed by atoms with E-state index >= 15 is 0 Å². The van der Waals surface area contributed by atoms with Gasteiger partial charge in [0.05, 0.1) is 12.0 Å². The molecule has 2 aromatic heterocycles. The zero-order valence-corrected chi connectivity index (χ0v) is 15.6. The quantitative estimate of drug-likeness (QED) is 0.600. The number of nitrogens with one attached hydrogen (secondary N) is 1. The molecule has 8 heteroatoms. The summed E-state index contributed by atoms with van der Waals surface area (Å²) in [7, 11) is 1.80. The summed E-state index contributed by atoms with van der Waals surface area (Å²) in [5.41, 5.74) is 7.03. The van der Waals surface area contributed by atoms with Crippen LogP contribution in [-0.4, -0.2) is 37.4 Å². The van der Waals surface area contributed by atoms with E-state index in [0.717, 1.165) is 24.1 Å². The molecular weight excluding hydrogens is 359 g/mol. The number of nitrogens with two attached hydrogens (primary N) is 1. The van der Waals surface area contributed by atoms with Gasteiger partial charge in [0.15, 0.2) is 5.82 Å². The highest BCUT2D eigenvalue weighted by Gasteiger charge is 2.32. The summed E-state index contributed by atoms with van der Waals surface area (Å²) < 4.78 is 15.5. The van der Waals surface area contributed by atoms with Gasteiger partial charge in [-0.05, 0) is 56.0 Å². The van der Waals surface area contributed by atoms with E-state index in [4.69, 9.17) is 5.73 Å². The average molecular weight is 382 g/mol. The first-order chi connectivity index (χ1) is 13.5. The van der Waals surface area contributed by atoms with E-state index in [0.29, 0.717) is 30.2 Å². The molecule has 2 heterocycles. The maximum atomic E-state index is 13.4. The van der Waals surface area contributed by atoms with Crippen LogP contribution in [0.25, 0.3) is 22.8 Å². The van der Waals surface area contributed by atoms with Gasteiger partial charge in [0, 0.05) is 24.8 Å². The van der Waals surface area contributed by atoms with Crippen LogP contribution >= 0.6 is 0 Å². The summed E-state index contributed by atoms with van der Waals surface area (Å²) in [6.07, 6.45) is 5.95. The molecule has 1 aliphatic rings. The number of aliphatic hydroxyl groups is 1. The average Bonchev–Trinajstić information content (AvgIpc) is 3.13. The molecule has 28 heavy (non-hydrogen) atoms. The fraction of sp³-hybridized carbons (Fsp3) is 0.350. The van der Waals surface area contributed by atoms with Gasteiger partial charge >= 0.3 is 0 Å². The zero-order valence-electron chi connectivity index (χ0n) is 15.6. The third-order valence-corrected chi connectivity index (χ3v) is 5.25. The summed E-state index contributed by atoms with van der Waals surface area (Å²) >= 11 is 0. The molecule has 146 valence electrons. The number of benzene rings is 1. The van der Waals surface area contributed by atoms with Gasteiger partial charge in [0.2, 0.25) is 0 Å². The van der Waals surface area contributed by atoms with Crippen molar-refractivity contribution in [2.45, 2.75) is 37.5 Å². The van der Waals surface area contributed by atoms with Crippen LogP contribution in [0.1, 0.15) is 31.7 Å². The Morgan fingerprint density at radius 3 is 2.57 bits per heavy atom. The molecule has 4 rings (SSSR count). The first-order valence-corrected chi connectivity index (χ1v) is 9.32. The molecule has 0 saturated heterocycles. The van der Waals surface area contributed by atoms with E-state index in [1.807, 2.05) is 0 Å². The number of nitrogens with zero attached hydrogens (tertiary/aromatic N) is 4. The molecule has 0 radical (unpaired) electrons. The van der Waals surface area contributed by atoms with Gasteiger partial charge in [0.1, 0.15) is 23.1 Å². The first kappa shape index (κ1) is 18.5. The number of rotatable bonds is 4. The topological polar surface area (TPSA) is 102 Å². The predicted molar refractivity (Wildman–Crippen MR) is 105 cm³/mol. The molecule has 0 spiro atoms. The van der Waals surface area contributed by atoms with E-state index in [2.05, 4.69) is 24.8 Å². The monoisotopic (exact) mass is 382 g/mol. The van der Waals surface area contributed by atoms with Crippen LogP contribution in [0, 0.1) is 5.82 Å². The van der Waals surface area contributed by atoms with Crippen molar-refractivity contribution in [3.63, 3.8) is 0 Å². The Labute approximate surface area is 162 Å². The van der Waals surface area contributed by atoms with Crippen LogP contribution in [-0.2, 0) is 0 Å². The lowest BCUT2D eigenvalue weighted by Crippen LogP contribution is -2.43. The molecule has 7 nitrogen and oxygen atoms in total. The second-order valence-corrected chi connectivity index (χ2v) is 7.21. The van der Waals surface area contributed by atoms with Crippen LogP contribution in [0.5, 0.6) is 0 Å². The molecule has 3 aromatic rings. The number of imidazole rings is 1. The van der Waals surface area contributed by atoms with Crippen molar-refractivity contribution in [1.29, 1.82) is 0 Å². The Morgan fingerprint density at radius 1 is 1.18 bits per heavy atom. The van der Waals surface area contributed by atoms with Crippen LogP contribution in [0.2, 0.25) is 0 Å². The van der Waals surface area contributed by atoms with Gasteiger partial charge in [-0.2, -0.15) is 0 Å². The minimum atomic E-state index is -1.11. The third kappa shape index (κ3) is 3.61. The smallest absolute Gasteiger partial charge is 0.180 e. The van der Waals surface area contributed by atoms with Crippen LogP contribution < -0.4 is 11.1 Å². The van der Waals surface area contributed by atoms with Crippen LogP contribution in [0.15, 0.2) is 42.9 Å². The van der Waals surface area contributed by atoms with Gasteiger partial charge in [-0.15, -0.1) is 0 Å². The largest absolute Gasteiger partial charge is 0.376 e. The van der Waals surface area contributed by atoms with Gasteiger partial charge in [0.25, 0.3) is 0 Å². The number of hydrogen-bond acceptors (Lipinski definition) is 6. The van der Waals surface area contributed by atoms with Gasteiger partial charge in [-0.3, -0.25) is 0 Å². The molecule has 1 aliphatic carbocycles. The van der Waals surface area contributed by atoms with Crippen molar-refractivity contribution in [2.75, 3.05) is 12.4 Å². The van der Waals surface area contributed by atoms with E-state index < -0.39 is 5.72 Å². The molecule has 1 fully saturated rings. The van der Waals surface area contributed by atoms with E-state index in [1.165, 1.54) is 12.1 Å². The second-order valence-electron chi connectivity index (χ2n) is 7.21. The third-order valence-electron chi connectivity index (χ3n) is 5.25. The molecule has 0 bridgehead atoms.